The molecular formula is C19H24ClNO3S. The highest BCUT2D eigenvalue weighted by Crippen LogP contribution is 2.64. The molecule has 1 amide bonds. The lowest BCUT2D eigenvalue weighted by atomic mass is 9.49. The predicted octanol–water partition coefficient (Wildman–Crippen LogP) is 4.75. The number of amides is 1. The molecule has 6 heteroatoms. The van der Waals surface area contributed by atoms with Crippen LogP contribution in [0.5, 0.6) is 0 Å². The number of halogens is 1. The van der Waals surface area contributed by atoms with Gasteiger partial charge in [0.15, 0.2) is 0 Å². The largest absolute Gasteiger partial charge is 0.462 e. The summed E-state index contributed by atoms with van der Waals surface area (Å²) in [5.74, 6) is 0.942. The Morgan fingerprint density at radius 2 is 2.00 bits per heavy atom. The van der Waals surface area contributed by atoms with Crippen molar-refractivity contribution in [1.29, 1.82) is 0 Å². The van der Waals surface area contributed by atoms with Crippen LogP contribution in [0.2, 0.25) is 0 Å². The number of carbonyl (C=O) groups excluding carboxylic acids is 2. The lowest BCUT2D eigenvalue weighted by Gasteiger charge is -2.59. The Bertz CT molecular complexity index is 714. The van der Waals surface area contributed by atoms with E-state index >= 15 is 0 Å². The third-order valence-corrected chi connectivity index (χ3v) is 7.66. The van der Waals surface area contributed by atoms with E-state index in [-0.39, 0.29) is 22.2 Å². The second-order valence-electron chi connectivity index (χ2n) is 8.19. The van der Waals surface area contributed by atoms with E-state index in [1.807, 2.05) is 13.0 Å². The quantitative estimate of drug-likeness (QED) is 0.604. The van der Waals surface area contributed by atoms with Crippen molar-refractivity contribution in [3.05, 3.63) is 16.5 Å². The van der Waals surface area contributed by atoms with E-state index in [2.05, 4.69) is 5.32 Å². The average molecular weight is 382 g/mol. The fourth-order valence-corrected chi connectivity index (χ4v) is 7.26. The molecule has 4 saturated carbocycles. The molecule has 4 bridgehead atoms. The highest BCUT2D eigenvalue weighted by Gasteiger charge is 2.60. The Morgan fingerprint density at radius 1 is 1.32 bits per heavy atom. The molecule has 25 heavy (non-hydrogen) atoms. The highest BCUT2D eigenvalue weighted by molar-refractivity contribution is 7.18. The monoisotopic (exact) mass is 381 g/mol. The number of hydrogen-bond donors (Lipinski definition) is 1. The first kappa shape index (κ1) is 17.3. The molecule has 0 aliphatic heterocycles. The molecule has 0 aromatic carbocycles. The van der Waals surface area contributed by atoms with E-state index in [0.717, 1.165) is 42.7 Å². The molecule has 4 aliphatic rings. The number of aryl methyl sites for hydroxylation is 1. The van der Waals surface area contributed by atoms with Gasteiger partial charge in [0.25, 0.3) is 0 Å². The summed E-state index contributed by atoms with van der Waals surface area (Å²) in [5.41, 5.74) is 0.520. The zero-order chi connectivity index (χ0) is 17.8. The number of rotatable bonds is 4. The maximum Gasteiger partial charge on any atom is 0.348 e. The molecule has 1 heterocycles. The topological polar surface area (TPSA) is 55.4 Å². The minimum absolute atomic E-state index is 0.0864. The first-order valence-corrected chi connectivity index (χ1v) is 10.3. The minimum Gasteiger partial charge on any atom is -0.462 e. The van der Waals surface area contributed by atoms with Crippen molar-refractivity contribution in [2.24, 2.45) is 17.3 Å². The summed E-state index contributed by atoms with van der Waals surface area (Å²) < 4.78 is 5.08. The molecule has 2 unspecified atom stereocenters. The number of anilines is 1. The van der Waals surface area contributed by atoms with Gasteiger partial charge in [0, 0.05) is 4.87 Å². The maximum absolute atomic E-state index is 13.1. The van der Waals surface area contributed by atoms with Crippen LogP contribution in [-0.4, -0.2) is 23.4 Å². The van der Waals surface area contributed by atoms with Gasteiger partial charge in [-0.2, -0.15) is 0 Å². The van der Waals surface area contributed by atoms with Gasteiger partial charge in [0.05, 0.1) is 17.0 Å². The lowest BCUT2D eigenvalue weighted by molar-refractivity contribution is -0.138. The molecule has 0 radical (unpaired) electrons. The second kappa shape index (κ2) is 5.98. The van der Waals surface area contributed by atoms with Crippen LogP contribution in [-0.2, 0) is 9.53 Å². The van der Waals surface area contributed by atoms with E-state index in [1.165, 1.54) is 17.8 Å². The molecule has 5 rings (SSSR count). The molecule has 1 aromatic rings. The molecule has 2 atom stereocenters. The summed E-state index contributed by atoms with van der Waals surface area (Å²) in [7, 11) is 0. The van der Waals surface area contributed by atoms with E-state index in [1.54, 1.807) is 6.92 Å². The Labute approximate surface area is 157 Å². The van der Waals surface area contributed by atoms with Crippen LogP contribution in [0.15, 0.2) is 6.07 Å². The van der Waals surface area contributed by atoms with Gasteiger partial charge >= 0.3 is 5.97 Å². The minimum atomic E-state index is -0.326. The molecule has 1 aromatic heterocycles. The number of alkyl halides is 1. The average Bonchev–Trinajstić information content (AvgIpc) is 2.85. The van der Waals surface area contributed by atoms with Crippen LogP contribution >= 0.6 is 22.9 Å². The molecular weight excluding hydrogens is 358 g/mol. The van der Waals surface area contributed by atoms with Gasteiger partial charge in [-0.3, -0.25) is 4.79 Å². The van der Waals surface area contributed by atoms with Crippen LogP contribution in [0.25, 0.3) is 0 Å². The summed E-state index contributed by atoms with van der Waals surface area (Å²) in [6.45, 7) is 4.01. The second-order valence-corrected chi connectivity index (χ2v) is 10.0. The van der Waals surface area contributed by atoms with Crippen molar-refractivity contribution in [3.63, 3.8) is 0 Å². The number of hydrogen-bond acceptors (Lipinski definition) is 4. The van der Waals surface area contributed by atoms with Crippen molar-refractivity contribution in [2.75, 3.05) is 11.9 Å². The summed E-state index contributed by atoms with van der Waals surface area (Å²) in [6, 6.07) is 1.87. The van der Waals surface area contributed by atoms with Gasteiger partial charge in [-0.1, -0.05) is 0 Å². The first-order valence-electron chi connectivity index (χ1n) is 9.10. The van der Waals surface area contributed by atoms with E-state index in [4.69, 9.17) is 16.3 Å². The number of thiophene rings is 1. The molecule has 1 N–H and O–H groups in total. The fraction of sp³-hybridized carbons (Fsp3) is 0.684. The number of carbonyl (C=O) groups is 2. The van der Waals surface area contributed by atoms with E-state index in [0.29, 0.717) is 23.3 Å². The van der Waals surface area contributed by atoms with Crippen molar-refractivity contribution < 1.29 is 14.3 Å². The molecule has 4 aliphatic carbocycles. The third kappa shape index (κ3) is 2.99. The normalized spacial score (nSPS) is 35.6. The summed E-state index contributed by atoms with van der Waals surface area (Å²) >= 11 is 8.13. The summed E-state index contributed by atoms with van der Waals surface area (Å²) in [6.07, 6.45) is 6.05. The lowest BCUT2D eigenvalue weighted by Crippen LogP contribution is -2.57. The summed E-state index contributed by atoms with van der Waals surface area (Å²) in [5, 5.41) is 3.81. The van der Waals surface area contributed by atoms with Gasteiger partial charge in [-0.15, -0.1) is 22.9 Å². The Kier molecular flexibility index (Phi) is 4.15. The number of nitrogens with one attached hydrogen (secondary N) is 1. The van der Waals surface area contributed by atoms with E-state index in [9.17, 15) is 9.59 Å². The zero-order valence-electron chi connectivity index (χ0n) is 14.7. The predicted molar refractivity (Wildman–Crippen MR) is 99.3 cm³/mol. The van der Waals surface area contributed by atoms with Crippen LogP contribution in [0.4, 0.5) is 5.00 Å². The van der Waals surface area contributed by atoms with Crippen LogP contribution in [0.1, 0.15) is 60.7 Å². The van der Waals surface area contributed by atoms with Crippen LogP contribution < -0.4 is 5.32 Å². The molecule has 0 saturated heterocycles. The van der Waals surface area contributed by atoms with Crippen LogP contribution in [0.3, 0.4) is 0 Å². The molecule has 136 valence electrons. The fourth-order valence-electron chi connectivity index (χ4n) is 5.60. The standard InChI is InChI=1S/C19H24ClNO3S/c1-3-24-16(22)15-11(2)4-14(25-15)21-17(23)18-6-12-5-13(7-18)9-19(20,8-12)10-18/h4,12-13H,3,5-10H2,1-2H3,(H,21,23). The van der Waals surface area contributed by atoms with Crippen molar-refractivity contribution in [2.45, 2.75) is 57.2 Å². The SMILES string of the molecule is CCOC(=O)c1sc(NC(=O)C23CC4CC(CC(Cl)(C4)C2)C3)cc1C. The Morgan fingerprint density at radius 3 is 2.60 bits per heavy atom. The van der Waals surface area contributed by atoms with Gasteiger partial charge in [-0.25, -0.2) is 4.79 Å². The van der Waals surface area contributed by atoms with E-state index < -0.39 is 0 Å². The van der Waals surface area contributed by atoms with Crippen molar-refractivity contribution >= 4 is 39.8 Å². The third-order valence-electron chi connectivity index (χ3n) is 6.09. The maximum atomic E-state index is 13.1. The molecule has 4 fully saturated rings. The Balaban J connectivity index is 1.53. The number of ether oxygens (including phenoxy) is 1. The zero-order valence-corrected chi connectivity index (χ0v) is 16.3. The smallest absolute Gasteiger partial charge is 0.348 e. The van der Waals surface area contributed by atoms with Gasteiger partial charge in [-0.05, 0) is 75.8 Å². The van der Waals surface area contributed by atoms with Gasteiger partial charge in [0.1, 0.15) is 4.88 Å². The Hall–Kier alpha value is -1.07. The van der Waals surface area contributed by atoms with Crippen molar-refractivity contribution in [1.82, 2.24) is 0 Å². The molecule has 0 spiro atoms. The highest BCUT2D eigenvalue weighted by atomic mass is 35.5. The van der Waals surface area contributed by atoms with Crippen LogP contribution in [0, 0.1) is 24.2 Å². The van der Waals surface area contributed by atoms with Gasteiger partial charge < -0.3 is 10.1 Å². The molecule has 4 nitrogen and oxygen atoms in total. The van der Waals surface area contributed by atoms with Crippen molar-refractivity contribution in [3.8, 4) is 0 Å². The number of esters is 1. The summed E-state index contributed by atoms with van der Waals surface area (Å²) in [4.78, 5) is 25.5. The first-order chi connectivity index (χ1) is 11.8. The van der Waals surface area contributed by atoms with Gasteiger partial charge in [0.2, 0.25) is 5.91 Å².